The second kappa shape index (κ2) is 6.66. The average Bonchev–Trinajstić information content (AvgIpc) is 2.97. The second-order valence-corrected chi connectivity index (χ2v) is 7.17. The fourth-order valence-electron chi connectivity index (χ4n) is 2.49. The summed E-state index contributed by atoms with van der Waals surface area (Å²) >= 11 is 0. The van der Waals surface area contributed by atoms with Crippen LogP contribution >= 0.6 is 0 Å². The van der Waals surface area contributed by atoms with E-state index in [2.05, 4.69) is 10.3 Å². The molecule has 6 nitrogen and oxygen atoms in total. The molecule has 130 valence electrons. The van der Waals surface area contributed by atoms with E-state index in [1.165, 1.54) is 24.3 Å². The van der Waals surface area contributed by atoms with Crippen molar-refractivity contribution in [3.05, 3.63) is 65.6 Å². The van der Waals surface area contributed by atoms with E-state index >= 15 is 0 Å². The fraction of sp³-hybridized carbons (Fsp3) is 0.118. The number of halogens is 1. The molecule has 0 fully saturated rings. The summed E-state index contributed by atoms with van der Waals surface area (Å²) in [6.45, 7) is 0.372. The molecule has 8 heteroatoms. The van der Waals surface area contributed by atoms with Crippen LogP contribution in [0.1, 0.15) is 16.1 Å². The molecule has 1 aromatic heterocycles. The molecule has 0 aliphatic heterocycles. The van der Waals surface area contributed by atoms with Crippen LogP contribution in [0.2, 0.25) is 0 Å². The third-order valence-electron chi connectivity index (χ3n) is 3.78. The van der Waals surface area contributed by atoms with Crippen LogP contribution in [0.4, 0.5) is 4.39 Å². The van der Waals surface area contributed by atoms with Crippen molar-refractivity contribution in [3.63, 3.8) is 0 Å². The Morgan fingerprint density at radius 3 is 2.52 bits per heavy atom. The summed E-state index contributed by atoms with van der Waals surface area (Å²) in [6, 6.07) is 12.0. The van der Waals surface area contributed by atoms with Gasteiger partial charge in [0.15, 0.2) is 0 Å². The van der Waals surface area contributed by atoms with E-state index in [4.69, 9.17) is 5.14 Å². The zero-order valence-electron chi connectivity index (χ0n) is 13.1. The molecule has 3 aromatic rings. The van der Waals surface area contributed by atoms with Crippen molar-refractivity contribution in [2.75, 3.05) is 6.54 Å². The number of nitrogens with one attached hydrogen (secondary N) is 2. The van der Waals surface area contributed by atoms with Gasteiger partial charge in [0.2, 0.25) is 10.0 Å². The van der Waals surface area contributed by atoms with Crippen LogP contribution in [0.3, 0.4) is 0 Å². The van der Waals surface area contributed by atoms with Crippen LogP contribution in [0.5, 0.6) is 0 Å². The maximum absolute atomic E-state index is 13.2. The van der Waals surface area contributed by atoms with Crippen LogP contribution in [0.25, 0.3) is 10.9 Å². The highest BCUT2D eigenvalue weighted by Gasteiger charge is 2.10. The third kappa shape index (κ3) is 4.04. The van der Waals surface area contributed by atoms with Gasteiger partial charge in [-0.1, -0.05) is 12.1 Å². The van der Waals surface area contributed by atoms with Crippen LogP contribution < -0.4 is 10.5 Å². The molecular weight excluding hydrogens is 345 g/mol. The number of fused-ring (bicyclic) bond motifs is 1. The van der Waals surface area contributed by atoms with Crippen molar-refractivity contribution < 1.29 is 17.6 Å². The van der Waals surface area contributed by atoms with Gasteiger partial charge in [-0.3, -0.25) is 4.79 Å². The van der Waals surface area contributed by atoms with Crippen molar-refractivity contribution in [2.24, 2.45) is 5.14 Å². The zero-order valence-corrected chi connectivity index (χ0v) is 13.9. The van der Waals surface area contributed by atoms with Crippen molar-refractivity contribution in [1.82, 2.24) is 10.3 Å². The Bertz CT molecular complexity index is 1030. The minimum atomic E-state index is -3.71. The van der Waals surface area contributed by atoms with Gasteiger partial charge in [0.1, 0.15) is 11.5 Å². The Balaban J connectivity index is 1.60. The zero-order chi connectivity index (χ0) is 18.0. The van der Waals surface area contributed by atoms with Gasteiger partial charge in [0.05, 0.1) is 4.90 Å². The molecule has 1 heterocycles. The first kappa shape index (κ1) is 17.1. The van der Waals surface area contributed by atoms with Crippen LogP contribution in [0, 0.1) is 5.82 Å². The SMILES string of the molecule is NS(=O)(=O)c1ccc(CCNC(=O)c2cc3cc(F)ccc3[nH]2)cc1. The number of carbonyl (C=O) groups is 1. The Hall–Kier alpha value is -2.71. The molecule has 0 aliphatic carbocycles. The lowest BCUT2D eigenvalue weighted by molar-refractivity contribution is 0.0950. The highest BCUT2D eigenvalue weighted by atomic mass is 32.2. The van der Waals surface area contributed by atoms with Crippen molar-refractivity contribution in [2.45, 2.75) is 11.3 Å². The number of nitrogens with two attached hydrogens (primary N) is 1. The first-order valence-electron chi connectivity index (χ1n) is 7.51. The Labute approximate surface area is 143 Å². The molecule has 3 rings (SSSR count). The highest BCUT2D eigenvalue weighted by molar-refractivity contribution is 7.89. The molecule has 4 N–H and O–H groups in total. The van der Waals surface area contributed by atoms with E-state index < -0.39 is 10.0 Å². The number of sulfonamides is 1. The number of amides is 1. The molecule has 0 saturated heterocycles. The summed E-state index contributed by atoms with van der Waals surface area (Å²) in [5, 5.41) is 8.43. The van der Waals surface area contributed by atoms with E-state index in [0.29, 0.717) is 29.6 Å². The number of hydrogen-bond donors (Lipinski definition) is 3. The lowest BCUT2D eigenvalue weighted by Crippen LogP contribution is -2.25. The smallest absolute Gasteiger partial charge is 0.267 e. The quantitative estimate of drug-likeness (QED) is 0.646. The molecule has 0 bridgehead atoms. The van der Waals surface area contributed by atoms with Crippen LogP contribution in [0.15, 0.2) is 53.4 Å². The predicted octanol–water partition coefficient (Wildman–Crippen LogP) is 1.93. The number of hydrogen-bond acceptors (Lipinski definition) is 3. The van der Waals surface area contributed by atoms with E-state index in [0.717, 1.165) is 5.56 Å². The number of rotatable bonds is 5. The number of aromatic nitrogens is 1. The molecular formula is C17H16FN3O3S. The molecule has 0 radical (unpaired) electrons. The van der Waals surface area contributed by atoms with Crippen molar-refractivity contribution in [3.8, 4) is 0 Å². The standard InChI is InChI=1S/C17H16FN3O3S/c18-13-3-6-15-12(9-13)10-16(21-15)17(22)20-8-7-11-1-4-14(5-2-11)25(19,23)24/h1-6,9-10,21H,7-8H2,(H,20,22)(H2,19,23,24). The topological polar surface area (TPSA) is 105 Å². The van der Waals surface area contributed by atoms with Crippen molar-refractivity contribution >= 4 is 26.8 Å². The average molecular weight is 361 g/mol. The number of carbonyl (C=O) groups excluding carboxylic acids is 1. The number of H-pyrrole nitrogens is 1. The monoisotopic (exact) mass is 361 g/mol. The molecule has 0 atom stereocenters. The molecule has 2 aromatic carbocycles. The third-order valence-corrected chi connectivity index (χ3v) is 4.71. The molecule has 0 unspecified atom stereocenters. The van der Waals surface area contributed by atoms with Gasteiger partial charge in [-0.15, -0.1) is 0 Å². The fourth-order valence-corrected chi connectivity index (χ4v) is 3.00. The van der Waals surface area contributed by atoms with Gasteiger partial charge >= 0.3 is 0 Å². The maximum Gasteiger partial charge on any atom is 0.267 e. The lowest BCUT2D eigenvalue weighted by Gasteiger charge is -2.05. The first-order chi connectivity index (χ1) is 11.8. The highest BCUT2D eigenvalue weighted by Crippen LogP contribution is 2.16. The van der Waals surface area contributed by atoms with Crippen molar-refractivity contribution in [1.29, 1.82) is 0 Å². The maximum atomic E-state index is 13.2. The summed E-state index contributed by atoms with van der Waals surface area (Å²) in [5.74, 6) is -0.654. The van der Waals surface area contributed by atoms with Crippen LogP contribution in [-0.2, 0) is 16.4 Å². The molecule has 0 aliphatic rings. The van der Waals surface area contributed by atoms with E-state index in [1.807, 2.05) is 0 Å². The van der Waals surface area contributed by atoms with E-state index in [9.17, 15) is 17.6 Å². The Kier molecular flexibility index (Phi) is 4.56. The summed E-state index contributed by atoms with van der Waals surface area (Å²) in [7, 11) is -3.71. The summed E-state index contributed by atoms with van der Waals surface area (Å²) in [5.41, 5.74) is 1.90. The summed E-state index contributed by atoms with van der Waals surface area (Å²) in [4.78, 5) is 15.1. The molecule has 25 heavy (non-hydrogen) atoms. The van der Waals surface area contributed by atoms with E-state index in [1.54, 1.807) is 24.3 Å². The van der Waals surface area contributed by atoms with Gasteiger partial charge in [-0.25, -0.2) is 17.9 Å². The summed E-state index contributed by atoms with van der Waals surface area (Å²) < 4.78 is 35.6. The molecule has 0 saturated carbocycles. The lowest BCUT2D eigenvalue weighted by atomic mass is 10.1. The minimum Gasteiger partial charge on any atom is -0.351 e. The van der Waals surface area contributed by atoms with Gasteiger partial charge in [-0.2, -0.15) is 0 Å². The van der Waals surface area contributed by atoms with Crippen LogP contribution in [-0.4, -0.2) is 25.9 Å². The van der Waals surface area contributed by atoms with Gasteiger partial charge in [0.25, 0.3) is 5.91 Å². The molecule has 1 amide bonds. The normalized spacial score (nSPS) is 11.6. The first-order valence-corrected chi connectivity index (χ1v) is 9.06. The Morgan fingerprint density at radius 2 is 1.84 bits per heavy atom. The largest absolute Gasteiger partial charge is 0.351 e. The summed E-state index contributed by atoms with van der Waals surface area (Å²) in [6.07, 6.45) is 0.533. The number of aromatic amines is 1. The van der Waals surface area contributed by atoms with Gasteiger partial charge in [-0.05, 0) is 48.4 Å². The second-order valence-electron chi connectivity index (χ2n) is 5.61. The predicted molar refractivity (Wildman–Crippen MR) is 92.1 cm³/mol. The number of primary sulfonamides is 1. The minimum absolute atomic E-state index is 0.0468. The van der Waals surface area contributed by atoms with E-state index in [-0.39, 0.29) is 16.6 Å². The van der Waals surface area contributed by atoms with Gasteiger partial charge in [0, 0.05) is 17.4 Å². The van der Waals surface area contributed by atoms with Gasteiger partial charge < -0.3 is 10.3 Å². The Morgan fingerprint density at radius 1 is 1.12 bits per heavy atom. The molecule has 0 spiro atoms. The number of benzene rings is 2.